The lowest BCUT2D eigenvalue weighted by molar-refractivity contribution is 0.301. The summed E-state index contributed by atoms with van der Waals surface area (Å²) in [6.07, 6.45) is 6.88. The van der Waals surface area contributed by atoms with Crippen LogP contribution in [-0.2, 0) is 13.0 Å². The predicted octanol–water partition coefficient (Wildman–Crippen LogP) is 5.21. The zero-order valence-electron chi connectivity index (χ0n) is 18.9. The average Bonchev–Trinajstić information content (AvgIpc) is 3.33. The molecular formula is C23H28N8OS. The Kier molecular flexibility index (Phi) is 7.23. The van der Waals surface area contributed by atoms with Gasteiger partial charge in [0.25, 0.3) is 0 Å². The van der Waals surface area contributed by atoms with Crippen LogP contribution >= 0.6 is 11.3 Å². The molecule has 172 valence electrons. The fourth-order valence-electron chi connectivity index (χ4n) is 3.76. The Balaban J connectivity index is 1.29. The highest BCUT2D eigenvalue weighted by Crippen LogP contribution is 2.31. The first kappa shape index (κ1) is 22.8. The van der Waals surface area contributed by atoms with Gasteiger partial charge in [0.15, 0.2) is 0 Å². The van der Waals surface area contributed by atoms with Crippen LogP contribution in [0.3, 0.4) is 0 Å². The number of aryl methyl sites for hydroxylation is 1. The second-order valence-electron chi connectivity index (χ2n) is 7.96. The first-order valence-corrected chi connectivity index (χ1v) is 11.9. The highest BCUT2D eigenvalue weighted by atomic mass is 32.1. The smallest absolute Gasteiger partial charge is 0.225 e. The number of ether oxygens (including phenoxy) is 1. The summed E-state index contributed by atoms with van der Waals surface area (Å²) < 4.78 is 5.89. The monoisotopic (exact) mass is 464 g/mol. The number of nitrogens with zero attached hydrogens (tertiary/aromatic N) is 6. The van der Waals surface area contributed by atoms with Crippen LogP contribution in [0.2, 0.25) is 0 Å². The Labute approximate surface area is 197 Å². The molecule has 1 aromatic carbocycles. The molecule has 1 saturated heterocycles. The number of thiazole rings is 1. The molecule has 0 amide bonds. The molecule has 2 aromatic heterocycles. The number of anilines is 2. The summed E-state index contributed by atoms with van der Waals surface area (Å²) in [7, 11) is 0. The number of hydrogen-bond donors (Lipinski definition) is 2. The van der Waals surface area contributed by atoms with Crippen LogP contribution in [0.1, 0.15) is 48.9 Å². The van der Waals surface area contributed by atoms with Gasteiger partial charge in [-0.3, -0.25) is 5.41 Å². The standard InChI is InChI=1S/C23H28N8OS/c1-3-17-12-26-23(27-13-17)30-10-8-18(9-11-30)22-28-19(15-33-22)14-32-21-6-4-20(5-7-21)31(29-25)16(2)24/h4-7,12-13,15,18,24-25H,3,8-11,14H2,1-2H3. The third-order valence-electron chi connectivity index (χ3n) is 5.68. The van der Waals surface area contributed by atoms with Crippen LogP contribution in [0, 0.1) is 10.9 Å². The first-order valence-electron chi connectivity index (χ1n) is 11.0. The van der Waals surface area contributed by atoms with Crippen LogP contribution in [0.4, 0.5) is 11.6 Å². The van der Waals surface area contributed by atoms with Gasteiger partial charge in [0.2, 0.25) is 5.95 Å². The van der Waals surface area contributed by atoms with E-state index in [4.69, 9.17) is 20.7 Å². The van der Waals surface area contributed by atoms with E-state index in [1.165, 1.54) is 10.0 Å². The topological polar surface area (TPSA) is 114 Å². The van der Waals surface area contributed by atoms with Crippen molar-refractivity contribution in [3.63, 3.8) is 0 Å². The predicted molar refractivity (Wildman–Crippen MR) is 130 cm³/mol. The van der Waals surface area contributed by atoms with Crippen molar-refractivity contribution in [1.29, 1.82) is 10.9 Å². The summed E-state index contributed by atoms with van der Waals surface area (Å²) in [5, 5.41) is 15.5. The van der Waals surface area contributed by atoms with Gasteiger partial charge in [-0.1, -0.05) is 12.1 Å². The van der Waals surface area contributed by atoms with Gasteiger partial charge in [0, 0.05) is 36.8 Å². The molecule has 4 rings (SSSR count). The quantitative estimate of drug-likeness (QED) is 0.205. The van der Waals surface area contributed by atoms with Crippen LogP contribution in [0.5, 0.6) is 5.75 Å². The molecule has 2 N–H and O–H groups in total. The van der Waals surface area contributed by atoms with E-state index in [-0.39, 0.29) is 5.84 Å². The van der Waals surface area contributed by atoms with Gasteiger partial charge in [-0.25, -0.2) is 20.0 Å². The van der Waals surface area contributed by atoms with Gasteiger partial charge in [-0.05, 0) is 56.0 Å². The molecule has 1 aliphatic heterocycles. The largest absolute Gasteiger partial charge is 0.487 e. The SMILES string of the molecule is CCc1cnc(N2CCC(c3nc(COc4ccc(N(N=N)C(C)=N)cc4)cs3)CC2)nc1. The lowest BCUT2D eigenvalue weighted by Gasteiger charge is -2.31. The maximum atomic E-state index is 7.66. The van der Waals surface area contributed by atoms with Crippen molar-refractivity contribution in [2.75, 3.05) is 23.0 Å². The minimum Gasteiger partial charge on any atom is -0.487 e. The Morgan fingerprint density at radius 3 is 2.52 bits per heavy atom. The van der Waals surface area contributed by atoms with E-state index in [0.29, 0.717) is 24.0 Å². The van der Waals surface area contributed by atoms with Crippen molar-refractivity contribution in [2.24, 2.45) is 5.22 Å². The van der Waals surface area contributed by atoms with Crippen LogP contribution in [0.15, 0.2) is 47.3 Å². The molecule has 3 heterocycles. The van der Waals surface area contributed by atoms with E-state index in [1.807, 2.05) is 24.5 Å². The number of amidine groups is 1. The number of benzene rings is 1. The zero-order valence-corrected chi connectivity index (χ0v) is 19.7. The Bertz CT molecular complexity index is 1070. The average molecular weight is 465 g/mol. The third kappa shape index (κ3) is 5.51. The second kappa shape index (κ2) is 10.5. The molecule has 3 aromatic rings. The van der Waals surface area contributed by atoms with Gasteiger partial charge >= 0.3 is 0 Å². The van der Waals surface area contributed by atoms with Crippen molar-refractivity contribution in [1.82, 2.24) is 15.0 Å². The molecule has 0 bridgehead atoms. The van der Waals surface area contributed by atoms with E-state index in [9.17, 15) is 0 Å². The highest BCUT2D eigenvalue weighted by molar-refractivity contribution is 7.09. The number of piperidine rings is 1. The van der Waals surface area contributed by atoms with E-state index in [2.05, 4.69) is 32.4 Å². The molecular weight excluding hydrogens is 436 g/mol. The van der Waals surface area contributed by atoms with Crippen LogP contribution in [0.25, 0.3) is 0 Å². The van der Waals surface area contributed by atoms with E-state index < -0.39 is 0 Å². The van der Waals surface area contributed by atoms with Gasteiger partial charge in [0.1, 0.15) is 18.2 Å². The maximum Gasteiger partial charge on any atom is 0.225 e. The lowest BCUT2D eigenvalue weighted by atomic mass is 9.98. The first-order chi connectivity index (χ1) is 16.1. The number of hydrogen-bond acceptors (Lipinski definition) is 9. The molecule has 0 aliphatic carbocycles. The summed E-state index contributed by atoms with van der Waals surface area (Å²) in [4.78, 5) is 16.1. The summed E-state index contributed by atoms with van der Waals surface area (Å²) in [5.41, 5.74) is 9.94. The molecule has 0 saturated carbocycles. The Morgan fingerprint density at radius 2 is 1.91 bits per heavy atom. The fraction of sp³-hybridized carbons (Fsp3) is 0.391. The van der Waals surface area contributed by atoms with Crippen molar-refractivity contribution >= 4 is 28.8 Å². The number of nitrogens with one attached hydrogen (secondary N) is 2. The van der Waals surface area contributed by atoms with Gasteiger partial charge < -0.3 is 9.64 Å². The maximum absolute atomic E-state index is 7.66. The molecule has 10 heteroatoms. The minimum absolute atomic E-state index is 0.182. The van der Waals surface area contributed by atoms with Gasteiger partial charge in [0.05, 0.1) is 16.4 Å². The molecule has 0 spiro atoms. The van der Waals surface area contributed by atoms with Crippen LogP contribution in [-0.4, -0.2) is 33.9 Å². The molecule has 1 aliphatic rings. The highest BCUT2D eigenvalue weighted by Gasteiger charge is 2.24. The number of rotatable bonds is 8. The summed E-state index contributed by atoms with van der Waals surface area (Å²) in [6.45, 7) is 5.97. The zero-order chi connectivity index (χ0) is 23.2. The minimum atomic E-state index is 0.182. The summed E-state index contributed by atoms with van der Waals surface area (Å²) in [5.74, 6) is 2.17. The fourth-order valence-corrected chi connectivity index (χ4v) is 4.74. The molecule has 33 heavy (non-hydrogen) atoms. The summed E-state index contributed by atoms with van der Waals surface area (Å²) >= 11 is 1.70. The van der Waals surface area contributed by atoms with E-state index in [0.717, 1.165) is 49.6 Å². The lowest BCUT2D eigenvalue weighted by Crippen LogP contribution is -2.34. The van der Waals surface area contributed by atoms with E-state index >= 15 is 0 Å². The van der Waals surface area contributed by atoms with Gasteiger partial charge in [-0.2, -0.15) is 5.53 Å². The van der Waals surface area contributed by atoms with Crippen molar-refractivity contribution in [3.8, 4) is 5.75 Å². The number of aromatic nitrogens is 3. The van der Waals surface area contributed by atoms with Crippen molar-refractivity contribution in [2.45, 2.75) is 45.6 Å². The van der Waals surface area contributed by atoms with E-state index in [1.54, 1.807) is 30.4 Å². The molecule has 0 atom stereocenters. The Morgan fingerprint density at radius 1 is 1.21 bits per heavy atom. The van der Waals surface area contributed by atoms with Crippen molar-refractivity contribution in [3.05, 3.63) is 58.3 Å². The third-order valence-corrected chi connectivity index (χ3v) is 6.74. The normalized spacial score (nSPS) is 14.2. The molecule has 9 nitrogen and oxygen atoms in total. The Hall–Kier alpha value is -3.40. The molecule has 0 radical (unpaired) electrons. The van der Waals surface area contributed by atoms with Crippen LogP contribution < -0.4 is 14.6 Å². The molecule has 1 fully saturated rings. The second-order valence-corrected chi connectivity index (χ2v) is 8.85. The molecule has 0 unspecified atom stereocenters. The van der Waals surface area contributed by atoms with Gasteiger partial charge in [-0.15, -0.1) is 11.3 Å². The van der Waals surface area contributed by atoms with Crippen molar-refractivity contribution < 1.29 is 4.74 Å². The summed E-state index contributed by atoms with van der Waals surface area (Å²) in [6, 6.07) is 7.19.